The summed E-state index contributed by atoms with van der Waals surface area (Å²) in [7, 11) is 1.60. The van der Waals surface area contributed by atoms with Crippen molar-refractivity contribution in [1.82, 2.24) is 10.3 Å². The topological polar surface area (TPSA) is 51.2 Å². The van der Waals surface area contributed by atoms with Crippen molar-refractivity contribution in [2.24, 2.45) is 0 Å². The van der Waals surface area contributed by atoms with E-state index in [4.69, 9.17) is 4.74 Å². The quantitative estimate of drug-likeness (QED) is 0.934. The summed E-state index contributed by atoms with van der Waals surface area (Å²) < 4.78 is 5.05. The van der Waals surface area contributed by atoms with Crippen molar-refractivity contribution < 1.29 is 9.53 Å². The number of nitrogens with zero attached hydrogens (tertiary/aromatic N) is 1. The Kier molecular flexibility index (Phi) is 4.16. The molecule has 0 radical (unpaired) electrons. The lowest BCUT2D eigenvalue weighted by Gasteiger charge is -2.04. The van der Waals surface area contributed by atoms with Crippen LogP contribution in [0, 0.1) is 13.8 Å². The summed E-state index contributed by atoms with van der Waals surface area (Å²) in [5, 5.41) is 3.79. The Bertz CT molecular complexity index is 556. The number of methoxy groups -OCH3 is 1. The first-order valence-electron chi connectivity index (χ1n) is 5.95. The van der Waals surface area contributed by atoms with Gasteiger partial charge in [0.1, 0.15) is 10.8 Å². The van der Waals surface area contributed by atoms with Gasteiger partial charge in [-0.05, 0) is 38.1 Å². The summed E-state index contributed by atoms with van der Waals surface area (Å²) in [6.07, 6.45) is 0. The zero-order chi connectivity index (χ0) is 13.8. The first kappa shape index (κ1) is 13.5. The Labute approximate surface area is 116 Å². The standard InChI is InChI=1S/C14H16N2O2S/c1-9-10(2)19-13(16-9)8-15-14(17)11-4-6-12(18-3)7-5-11/h4-7H,8H2,1-3H3,(H,15,17). The third-order valence-corrected chi connectivity index (χ3v) is 3.90. The highest BCUT2D eigenvalue weighted by molar-refractivity contribution is 7.11. The van der Waals surface area contributed by atoms with Crippen molar-refractivity contribution in [2.45, 2.75) is 20.4 Å². The van der Waals surface area contributed by atoms with E-state index in [1.54, 1.807) is 42.7 Å². The molecule has 0 bridgehead atoms. The summed E-state index contributed by atoms with van der Waals surface area (Å²) in [6.45, 7) is 4.46. The molecule has 4 nitrogen and oxygen atoms in total. The molecular formula is C14H16N2O2S. The molecule has 0 fully saturated rings. The zero-order valence-corrected chi connectivity index (χ0v) is 12.0. The van der Waals surface area contributed by atoms with Crippen LogP contribution in [-0.4, -0.2) is 18.0 Å². The molecule has 19 heavy (non-hydrogen) atoms. The molecule has 2 rings (SSSR count). The van der Waals surface area contributed by atoms with Crippen molar-refractivity contribution in [3.63, 3.8) is 0 Å². The summed E-state index contributed by atoms with van der Waals surface area (Å²) in [4.78, 5) is 17.5. The van der Waals surface area contributed by atoms with Crippen molar-refractivity contribution >= 4 is 17.2 Å². The number of thiazole rings is 1. The average Bonchev–Trinajstić information content (AvgIpc) is 2.75. The first-order chi connectivity index (χ1) is 9.10. The highest BCUT2D eigenvalue weighted by atomic mass is 32.1. The largest absolute Gasteiger partial charge is 0.497 e. The van der Waals surface area contributed by atoms with Crippen LogP contribution in [-0.2, 0) is 6.54 Å². The summed E-state index contributed by atoms with van der Waals surface area (Å²) in [5.41, 5.74) is 1.64. The van der Waals surface area contributed by atoms with E-state index in [-0.39, 0.29) is 5.91 Å². The van der Waals surface area contributed by atoms with Gasteiger partial charge < -0.3 is 10.1 Å². The average molecular weight is 276 g/mol. The number of hydrogen-bond donors (Lipinski definition) is 1. The fraction of sp³-hybridized carbons (Fsp3) is 0.286. The number of aryl methyl sites for hydroxylation is 2. The van der Waals surface area contributed by atoms with Gasteiger partial charge in [-0.3, -0.25) is 4.79 Å². The molecule has 5 heteroatoms. The Morgan fingerprint density at radius 1 is 1.32 bits per heavy atom. The maximum atomic E-state index is 11.9. The molecule has 1 N–H and O–H groups in total. The van der Waals surface area contributed by atoms with Gasteiger partial charge in [0.25, 0.3) is 5.91 Å². The summed E-state index contributed by atoms with van der Waals surface area (Å²) in [6, 6.07) is 7.03. The van der Waals surface area contributed by atoms with E-state index < -0.39 is 0 Å². The minimum Gasteiger partial charge on any atom is -0.497 e. The SMILES string of the molecule is COc1ccc(C(=O)NCc2nc(C)c(C)s2)cc1. The van der Waals surface area contributed by atoms with Crippen LogP contribution in [0.1, 0.15) is 25.9 Å². The molecule has 0 aliphatic heterocycles. The molecule has 0 aliphatic rings. The molecular weight excluding hydrogens is 260 g/mol. The maximum absolute atomic E-state index is 11.9. The summed E-state index contributed by atoms with van der Waals surface area (Å²) in [5.74, 6) is 0.635. The third-order valence-electron chi connectivity index (χ3n) is 2.83. The number of rotatable bonds is 4. The number of nitrogens with one attached hydrogen (secondary N) is 1. The normalized spacial score (nSPS) is 10.3. The Morgan fingerprint density at radius 3 is 2.53 bits per heavy atom. The van der Waals surface area contributed by atoms with Crippen LogP contribution in [0.3, 0.4) is 0 Å². The highest BCUT2D eigenvalue weighted by Crippen LogP contribution is 2.16. The minimum atomic E-state index is -0.104. The maximum Gasteiger partial charge on any atom is 0.251 e. The molecule has 1 aromatic carbocycles. The summed E-state index contributed by atoms with van der Waals surface area (Å²) >= 11 is 1.61. The number of amides is 1. The Balaban J connectivity index is 1.96. The smallest absolute Gasteiger partial charge is 0.251 e. The van der Waals surface area contributed by atoms with Crippen LogP contribution in [0.5, 0.6) is 5.75 Å². The minimum absolute atomic E-state index is 0.104. The first-order valence-corrected chi connectivity index (χ1v) is 6.77. The lowest BCUT2D eigenvalue weighted by Crippen LogP contribution is -2.22. The molecule has 1 heterocycles. The number of benzene rings is 1. The van der Waals surface area contributed by atoms with E-state index >= 15 is 0 Å². The van der Waals surface area contributed by atoms with Crippen LogP contribution >= 0.6 is 11.3 Å². The van der Waals surface area contributed by atoms with Crippen molar-refractivity contribution in [3.8, 4) is 5.75 Å². The van der Waals surface area contributed by atoms with Gasteiger partial charge in [0.15, 0.2) is 0 Å². The van der Waals surface area contributed by atoms with E-state index in [2.05, 4.69) is 10.3 Å². The van der Waals surface area contributed by atoms with Gasteiger partial charge in [-0.2, -0.15) is 0 Å². The molecule has 100 valence electrons. The highest BCUT2D eigenvalue weighted by Gasteiger charge is 2.08. The van der Waals surface area contributed by atoms with Crippen LogP contribution in [0.15, 0.2) is 24.3 Å². The molecule has 1 aromatic heterocycles. The Morgan fingerprint density at radius 2 is 2.00 bits per heavy atom. The van der Waals surface area contributed by atoms with Crippen molar-refractivity contribution in [3.05, 3.63) is 45.4 Å². The van der Waals surface area contributed by atoms with Gasteiger partial charge in [0.05, 0.1) is 19.3 Å². The van der Waals surface area contributed by atoms with Gasteiger partial charge in [-0.25, -0.2) is 4.98 Å². The van der Waals surface area contributed by atoms with Crippen molar-refractivity contribution in [2.75, 3.05) is 7.11 Å². The van der Waals surface area contributed by atoms with Crippen LogP contribution < -0.4 is 10.1 Å². The monoisotopic (exact) mass is 276 g/mol. The van der Waals surface area contributed by atoms with E-state index in [1.165, 1.54) is 4.88 Å². The molecule has 2 aromatic rings. The second-order valence-electron chi connectivity index (χ2n) is 4.16. The molecule has 0 unspecified atom stereocenters. The number of aromatic nitrogens is 1. The van der Waals surface area contributed by atoms with Crippen LogP contribution in [0.4, 0.5) is 0 Å². The molecule has 0 spiro atoms. The van der Waals surface area contributed by atoms with Gasteiger partial charge in [0, 0.05) is 10.4 Å². The van der Waals surface area contributed by atoms with Gasteiger partial charge in [-0.15, -0.1) is 11.3 Å². The lowest BCUT2D eigenvalue weighted by molar-refractivity contribution is 0.0951. The van der Waals surface area contributed by atoms with Crippen molar-refractivity contribution in [1.29, 1.82) is 0 Å². The number of carbonyl (C=O) groups is 1. The number of carbonyl (C=O) groups excluding carboxylic acids is 1. The van der Waals surface area contributed by atoms with Gasteiger partial charge in [-0.1, -0.05) is 0 Å². The Hall–Kier alpha value is -1.88. The van der Waals surface area contributed by atoms with E-state index in [0.29, 0.717) is 12.1 Å². The van der Waals surface area contributed by atoms with Gasteiger partial charge in [0.2, 0.25) is 0 Å². The van der Waals surface area contributed by atoms with E-state index in [9.17, 15) is 4.79 Å². The second kappa shape index (κ2) is 5.84. The second-order valence-corrected chi connectivity index (χ2v) is 5.45. The number of ether oxygens (including phenoxy) is 1. The molecule has 0 saturated carbocycles. The predicted molar refractivity (Wildman–Crippen MR) is 75.8 cm³/mol. The fourth-order valence-electron chi connectivity index (χ4n) is 1.62. The third kappa shape index (κ3) is 3.32. The predicted octanol–water partition coefficient (Wildman–Crippen LogP) is 2.70. The fourth-order valence-corrected chi connectivity index (χ4v) is 2.49. The molecule has 0 atom stereocenters. The molecule has 1 amide bonds. The lowest BCUT2D eigenvalue weighted by atomic mass is 10.2. The molecule has 0 saturated heterocycles. The van der Waals surface area contributed by atoms with E-state index in [1.807, 2.05) is 13.8 Å². The molecule has 0 aliphatic carbocycles. The van der Waals surface area contributed by atoms with Gasteiger partial charge >= 0.3 is 0 Å². The number of hydrogen-bond acceptors (Lipinski definition) is 4. The zero-order valence-electron chi connectivity index (χ0n) is 11.2. The van der Waals surface area contributed by atoms with Crippen LogP contribution in [0.2, 0.25) is 0 Å². The van der Waals surface area contributed by atoms with E-state index in [0.717, 1.165) is 16.5 Å². The van der Waals surface area contributed by atoms with Crippen LogP contribution in [0.25, 0.3) is 0 Å².